The molecule has 0 saturated carbocycles. The molecule has 1 aromatic carbocycles. The Morgan fingerprint density at radius 3 is 3.12 bits per heavy atom. The lowest BCUT2D eigenvalue weighted by Gasteiger charge is -2.16. The van der Waals surface area contributed by atoms with Crippen molar-refractivity contribution >= 4 is 11.6 Å². The van der Waals surface area contributed by atoms with Gasteiger partial charge in [0.25, 0.3) is 0 Å². The molecule has 1 aromatic rings. The topological polar surface area (TPSA) is 30.5 Å². The highest BCUT2D eigenvalue weighted by molar-refractivity contribution is 6.32. The molecular formula is C12H16ClNO2. The van der Waals surface area contributed by atoms with Crippen molar-refractivity contribution in [2.45, 2.75) is 19.1 Å². The lowest BCUT2D eigenvalue weighted by Crippen LogP contribution is -2.18. The Bertz CT molecular complexity index is 351. The van der Waals surface area contributed by atoms with Gasteiger partial charge in [-0.15, -0.1) is 0 Å². The van der Waals surface area contributed by atoms with E-state index in [0.717, 1.165) is 30.9 Å². The second-order valence-corrected chi connectivity index (χ2v) is 4.27. The van der Waals surface area contributed by atoms with E-state index in [4.69, 9.17) is 21.1 Å². The smallest absolute Gasteiger partial charge is 0.142 e. The third kappa shape index (κ3) is 2.67. The van der Waals surface area contributed by atoms with E-state index in [-0.39, 0.29) is 6.10 Å². The second-order valence-electron chi connectivity index (χ2n) is 3.86. The Kier molecular flexibility index (Phi) is 4.04. The molecule has 2 rings (SSSR count). The molecule has 4 heteroatoms. The third-order valence-corrected chi connectivity index (χ3v) is 2.89. The van der Waals surface area contributed by atoms with Gasteiger partial charge in [0.15, 0.2) is 0 Å². The zero-order valence-corrected chi connectivity index (χ0v) is 10.1. The van der Waals surface area contributed by atoms with Crippen molar-refractivity contribution < 1.29 is 9.47 Å². The van der Waals surface area contributed by atoms with Crippen molar-refractivity contribution in [1.29, 1.82) is 0 Å². The number of rotatable bonds is 4. The van der Waals surface area contributed by atoms with Crippen LogP contribution in [0.1, 0.15) is 12.0 Å². The van der Waals surface area contributed by atoms with Crippen LogP contribution in [0, 0.1) is 0 Å². The van der Waals surface area contributed by atoms with E-state index >= 15 is 0 Å². The number of halogens is 1. The van der Waals surface area contributed by atoms with Gasteiger partial charge in [-0.05, 0) is 13.1 Å². The first-order valence-corrected chi connectivity index (χ1v) is 5.85. The van der Waals surface area contributed by atoms with Crippen LogP contribution >= 0.6 is 11.6 Å². The summed E-state index contributed by atoms with van der Waals surface area (Å²) in [5.41, 5.74) is 1.09. The molecule has 1 N–H and O–H groups in total. The van der Waals surface area contributed by atoms with Gasteiger partial charge in [0.05, 0.1) is 18.2 Å². The third-order valence-electron chi connectivity index (χ3n) is 2.59. The quantitative estimate of drug-likeness (QED) is 0.877. The molecule has 1 aliphatic heterocycles. The monoisotopic (exact) mass is 241 g/mol. The van der Waals surface area contributed by atoms with Crippen LogP contribution < -0.4 is 10.1 Å². The number of hydrogen-bond donors (Lipinski definition) is 1. The summed E-state index contributed by atoms with van der Waals surface area (Å²) in [5, 5.41) is 3.77. The summed E-state index contributed by atoms with van der Waals surface area (Å²) in [6, 6.07) is 5.81. The van der Waals surface area contributed by atoms with Crippen LogP contribution in [0.4, 0.5) is 0 Å². The maximum absolute atomic E-state index is 6.15. The van der Waals surface area contributed by atoms with Crippen LogP contribution in [-0.2, 0) is 11.3 Å². The Balaban J connectivity index is 2.16. The van der Waals surface area contributed by atoms with Gasteiger partial charge >= 0.3 is 0 Å². The summed E-state index contributed by atoms with van der Waals surface area (Å²) in [7, 11) is 1.91. The predicted molar refractivity (Wildman–Crippen MR) is 64.1 cm³/mol. The van der Waals surface area contributed by atoms with Crippen molar-refractivity contribution in [3.05, 3.63) is 28.8 Å². The summed E-state index contributed by atoms with van der Waals surface area (Å²) >= 11 is 6.15. The molecule has 3 nitrogen and oxygen atoms in total. The van der Waals surface area contributed by atoms with E-state index in [2.05, 4.69) is 5.32 Å². The number of para-hydroxylation sites is 1. The maximum Gasteiger partial charge on any atom is 0.142 e. The maximum atomic E-state index is 6.15. The van der Waals surface area contributed by atoms with E-state index in [1.807, 2.05) is 25.2 Å². The zero-order chi connectivity index (χ0) is 11.4. The second kappa shape index (κ2) is 5.53. The molecule has 0 aliphatic carbocycles. The van der Waals surface area contributed by atoms with Gasteiger partial charge in [0.1, 0.15) is 11.9 Å². The minimum atomic E-state index is 0.135. The number of nitrogens with one attached hydrogen (secondary N) is 1. The summed E-state index contributed by atoms with van der Waals surface area (Å²) in [4.78, 5) is 0. The fourth-order valence-electron chi connectivity index (χ4n) is 1.79. The average molecular weight is 242 g/mol. The fourth-order valence-corrected chi connectivity index (χ4v) is 2.03. The molecule has 0 amide bonds. The molecule has 1 aliphatic rings. The van der Waals surface area contributed by atoms with Crippen LogP contribution in [-0.4, -0.2) is 26.4 Å². The van der Waals surface area contributed by atoms with E-state index < -0.39 is 0 Å². The van der Waals surface area contributed by atoms with E-state index in [9.17, 15) is 0 Å². The Morgan fingerprint density at radius 2 is 2.44 bits per heavy atom. The van der Waals surface area contributed by atoms with Crippen LogP contribution in [0.15, 0.2) is 18.2 Å². The molecule has 0 bridgehead atoms. The minimum absolute atomic E-state index is 0.135. The molecule has 16 heavy (non-hydrogen) atoms. The molecule has 1 heterocycles. The standard InChI is InChI=1S/C12H16ClNO2/c1-14-7-9-3-2-4-11(13)12(9)16-10-5-6-15-8-10/h2-4,10,14H,5-8H2,1H3. The first-order valence-electron chi connectivity index (χ1n) is 5.47. The number of ether oxygens (including phenoxy) is 2. The molecule has 1 fully saturated rings. The lowest BCUT2D eigenvalue weighted by atomic mass is 10.2. The van der Waals surface area contributed by atoms with Gasteiger partial charge < -0.3 is 14.8 Å². The van der Waals surface area contributed by atoms with Gasteiger partial charge in [-0.3, -0.25) is 0 Å². The first kappa shape index (κ1) is 11.7. The normalized spacial score (nSPS) is 20.0. The van der Waals surface area contributed by atoms with Crippen molar-refractivity contribution in [3.63, 3.8) is 0 Å². The molecule has 0 aromatic heterocycles. The van der Waals surface area contributed by atoms with Crippen molar-refractivity contribution in [1.82, 2.24) is 5.32 Å². The molecule has 1 saturated heterocycles. The van der Waals surface area contributed by atoms with Crippen LogP contribution in [0.25, 0.3) is 0 Å². The van der Waals surface area contributed by atoms with Crippen molar-refractivity contribution in [2.75, 3.05) is 20.3 Å². The highest BCUT2D eigenvalue weighted by Gasteiger charge is 2.19. The van der Waals surface area contributed by atoms with Gasteiger partial charge in [0, 0.05) is 18.5 Å². The van der Waals surface area contributed by atoms with E-state index in [0.29, 0.717) is 11.6 Å². The molecular weight excluding hydrogens is 226 g/mol. The summed E-state index contributed by atoms with van der Waals surface area (Å²) in [6.45, 7) is 2.18. The Hall–Kier alpha value is -0.770. The first-order chi connectivity index (χ1) is 7.81. The van der Waals surface area contributed by atoms with Gasteiger partial charge in [-0.1, -0.05) is 23.7 Å². The summed E-state index contributed by atoms with van der Waals surface area (Å²) < 4.78 is 11.2. The molecule has 0 spiro atoms. The zero-order valence-electron chi connectivity index (χ0n) is 9.33. The average Bonchev–Trinajstić information content (AvgIpc) is 2.76. The molecule has 88 valence electrons. The molecule has 1 unspecified atom stereocenters. The van der Waals surface area contributed by atoms with E-state index in [1.54, 1.807) is 0 Å². The van der Waals surface area contributed by atoms with Crippen molar-refractivity contribution in [2.24, 2.45) is 0 Å². The highest BCUT2D eigenvalue weighted by Crippen LogP contribution is 2.30. The largest absolute Gasteiger partial charge is 0.486 e. The summed E-state index contributed by atoms with van der Waals surface area (Å²) in [6.07, 6.45) is 1.07. The van der Waals surface area contributed by atoms with Gasteiger partial charge in [-0.25, -0.2) is 0 Å². The highest BCUT2D eigenvalue weighted by atomic mass is 35.5. The lowest BCUT2D eigenvalue weighted by molar-refractivity contribution is 0.140. The number of hydrogen-bond acceptors (Lipinski definition) is 3. The van der Waals surface area contributed by atoms with Crippen LogP contribution in [0.2, 0.25) is 5.02 Å². The van der Waals surface area contributed by atoms with E-state index in [1.165, 1.54) is 0 Å². The fraction of sp³-hybridized carbons (Fsp3) is 0.500. The SMILES string of the molecule is CNCc1cccc(Cl)c1OC1CCOC1. The van der Waals surface area contributed by atoms with Crippen LogP contribution in [0.5, 0.6) is 5.75 Å². The number of benzene rings is 1. The van der Waals surface area contributed by atoms with Gasteiger partial charge in [-0.2, -0.15) is 0 Å². The van der Waals surface area contributed by atoms with Crippen LogP contribution in [0.3, 0.4) is 0 Å². The summed E-state index contributed by atoms with van der Waals surface area (Å²) in [5.74, 6) is 0.786. The Morgan fingerprint density at radius 1 is 1.56 bits per heavy atom. The predicted octanol–water partition coefficient (Wildman–Crippen LogP) is 2.23. The Labute approximate surface area is 101 Å². The molecule has 1 atom stereocenters. The van der Waals surface area contributed by atoms with Crippen molar-refractivity contribution in [3.8, 4) is 5.75 Å². The minimum Gasteiger partial charge on any atom is -0.486 e. The molecule has 0 radical (unpaired) electrons. The van der Waals surface area contributed by atoms with Gasteiger partial charge in [0.2, 0.25) is 0 Å².